The average Bonchev–Trinajstić information content (AvgIpc) is 2.39. The Hall–Kier alpha value is -2.08. The van der Waals surface area contributed by atoms with Crippen molar-refractivity contribution in [2.45, 2.75) is 31.7 Å². The number of amides is 1. The van der Waals surface area contributed by atoms with Gasteiger partial charge < -0.3 is 4.90 Å². The maximum Gasteiger partial charge on any atom is 0.247 e. The number of rotatable bonds is 3. The van der Waals surface area contributed by atoms with E-state index in [-0.39, 0.29) is 5.91 Å². The van der Waals surface area contributed by atoms with Gasteiger partial charge in [-0.25, -0.2) is 0 Å². The van der Waals surface area contributed by atoms with Crippen LogP contribution in [0.1, 0.15) is 31.7 Å². The highest BCUT2D eigenvalue weighted by Gasteiger charge is 2.42. The first-order chi connectivity index (χ1) is 9.09. The zero-order chi connectivity index (χ0) is 13.9. The van der Waals surface area contributed by atoms with E-state index in [9.17, 15) is 10.1 Å². The lowest BCUT2D eigenvalue weighted by molar-refractivity contribution is -0.130. The molecular formula is C16H18N2O. The van der Waals surface area contributed by atoms with Crippen LogP contribution in [0.25, 0.3) is 5.57 Å². The Morgan fingerprint density at radius 3 is 2.47 bits per heavy atom. The minimum Gasteiger partial charge on any atom is -0.323 e. The summed E-state index contributed by atoms with van der Waals surface area (Å²) in [5, 5.41) is 9.24. The first-order valence-corrected chi connectivity index (χ1v) is 6.52. The summed E-state index contributed by atoms with van der Waals surface area (Å²) in [6.07, 6.45) is 4.20. The molecule has 0 aliphatic heterocycles. The lowest BCUT2D eigenvalue weighted by Gasteiger charge is -2.42. The number of likely N-dealkylation sites (N-methyl/N-ethyl adjacent to an activating group) is 1. The zero-order valence-electron chi connectivity index (χ0n) is 11.4. The molecule has 1 aromatic rings. The molecule has 1 aliphatic carbocycles. The molecule has 0 unspecified atom stereocenters. The molecule has 0 aromatic heterocycles. The van der Waals surface area contributed by atoms with Crippen LogP contribution >= 0.6 is 0 Å². The predicted octanol–water partition coefficient (Wildman–Crippen LogP) is 2.99. The molecule has 1 aliphatic rings. The van der Waals surface area contributed by atoms with Gasteiger partial charge in [-0.15, -0.1) is 0 Å². The van der Waals surface area contributed by atoms with Gasteiger partial charge in [-0.3, -0.25) is 4.79 Å². The molecule has 1 amide bonds. The fourth-order valence-corrected chi connectivity index (χ4v) is 2.31. The van der Waals surface area contributed by atoms with Gasteiger partial charge in [0.15, 0.2) is 0 Å². The smallest absolute Gasteiger partial charge is 0.247 e. The molecule has 3 heteroatoms. The fourth-order valence-electron chi connectivity index (χ4n) is 2.31. The van der Waals surface area contributed by atoms with Gasteiger partial charge in [0.05, 0.1) is 6.07 Å². The van der Waals surface area contributed by atoms with Gasteiger partial charge in [0.25, 0.3) is 0 Å². The van der Waals surface area contributed by atoms with Crippen molar-refractivity contribution >= 4 is 11.5 Å². The molecule has 0 radical (unpaired) electrons. The Labute approximate surface area is 114 Å². The fraction of sp³-hybridized carbons (Fsp3) is 0.375. The van der Waals surface area contributed by atoms with Gasteiger partial charge in [-0.05, 0) is 37.3 Å². The molecule has 0 spiro atoms. The topological polar surface area (TPSA) is 44.1 Å². The van der Waals surface area contributed by atoms with Crippen molar-refractivity contribution in [3.63, 3.8) is 0 Å². The van der Waals surface area contributed by atoms with Crippen LogP contribution in [0.4, 0.5) is 0 Å². The molecule has 2 rings (SSSR count). The number of nitrogens with zero attached hydrogens (tertiary/aromatic N) is 2. The Morgan fingerprint density at radius 1 is 1.37 bits per heavy atom. The molecule has 0 saturated heterocycles. The van der Waals surface area contributed by atoms with E-state index < -0.39 is 5.54 Å². The standard InChI is InChI=1S/C16H18N2O/c1-13(14-7-4-3-5-8-14)11-15(19)18(2)16(12-17)9-6-10-16/h3-5,7-8,11H,6,9-10H2,1-2H3/b13-11+. The van der Waals surface area contributed by atoms with Crippen molar-refractivity contribution in [2.75, 3.05) is 7.05 Å². The molecule has 0 bridgehead atoms. The van der Waals surface area contributed by atoms with Crippen molar-refractivity contribution in [1.82, 2.24) is 4.90 Å². The highest BCUT2D eigenvalue weighted by Crippen LogP contribution is 2.36. The third-order valence-electron chi connectivity index (χ3n) is 3.93. The highest BCUT2D eigenvalue weighted by molar-refractivity contribution is 5.95. The van der Waals surface area contributed by atoms with E-state index in [1.807, 2.05) is 37.3 Å². The van der Waals surface area contributed by atoms with E-state index in [0.29, 0.717) is 0 Å². The SMILES string of the molecule is C/C(=C\C(=O)N(C)C1(C#N)CCC1)c1ccccc1. The van der Waals surface area contributed by atoms with Gasteiger partial charge in [0.1, 0.15) is 5.54 Å². The summed E-state index contributed by atoms with van der Waals surface area (Å²) in [5.41, 5.74) is 1.37. The van der Waals surface area contributed by atoms with Gasteiger partial charge in [-0.2, -0.15) is 5.26 Å². The summed E-state index contributed by atoms with van der Waals surface area (Å²) >= 11 is 0. The normalized spacial score (nSPS) is 17.2. The van der Waals surface area contributed by atoms with E-state index in [0.717, 1.165) is 30.4 Å². The van der Waals surface area contributed by atoms with E-state index in [1.54, 1.807) is 18.0 Å². The van der Waals surface area contributed by atoms with Gasteiger partial charge >= 0.3 is 0 Å². The molecule has 0 atom stereocenters. The van der Waals surface area contributed by atoms with E-state index in [4.69, 9.17) is 0 Å². The quantitative estimate of drug-likeness (QED) is 0.778. The second-order valence-electron chi connectivity index (χ2n) is 5.09. The lowest BCUT2D eigenvalue weighted by Crippen LogP contribution is -2.52. The number of hydrogen-bond acceptors (Lipinski definition) is 2. The predicted molar refractivity (Wildman–Crippen MR) is 75.1 cm³/mol. The summed E-state index contributed by atoms with van der Waals surface area (Å²) in [5.74, 6) is -0.0948. The molecule has 1 fully saturated rings. The minimum atomic E-state index is -0.579. The van der Waals surface area contributed by atoms with Crippen LogP contribution in [-0.4, -0.2) is 23.4 Å². The summed E-state index contributed by atoms with van der Waals surface area (Å²) in [4.78, 5) is 13.8. The Balaban J connectivity index is 2.15. The summed E-state index contributed by atoms with van der Waals surface area (Å²) in [7, 11) is 1.72. The summed E-state index contributed by atoms with van der Waals surface area (Å²) < 4.78 is 0. The van der Waals surface area contributed by atoms with E-state index in [2.05, 4.69) is 6.07 Å². The van der Waals surface area contributed by atoms with Crippen LogP contribution in [0.3, 0.4) is 0 Å². The van der Waals surface area contributed by atoms with Crippen molar-refractivity contribution in [1.29, 1.82) is 5.26 Å². The second kappa shape index (κ2) is 5.27. The molecule has 0 heterocycles. The van der Waals surface area contributed by atoms with E-state index in [1.165, 1.54) is 0 Å². The largest absolute Gasteiger partial charge is 0.323 e. The molecule has 3 nitrogen and oxygen atoms in total. The lowest BCUT2D eigenvalue weighted by atomic mass is 9.76. The Bertz CT molecular complexity index is 536. The number of hydrogen-bond donors (Lipinski definition) is 0. The average molecular weight is 254 g/mol. The second-order valence-corrected chi connectivity index (χ2v) is 5.09. The number of carbonyl (C=O) groups excluding carboxylic acids is 1. The van der Waals surface area contributed by atoms with Crippen molar-refractivity contribution < 1.29 is 4.79 Å². The van der Waals surface area contributed by atoms with E-state index >= 15 is 0 Å². The molecule has 1 saturated carbocycles. The molecule has 1 aromatic carbocycles. The summed E-state index contributed by atoms with van der Waals surface area (Å²) in [6.45, 7) is 1.92. The third-order valence-corrected chi connectivity index (χ3v) is 3.93. The molecule has 0 N–H and O–H groups in total. The minimum absolute atomic E-state index is 0.0948. The summed E-state index contributed by atoms with van der Waals surface area (Å²) in [6, 6.07) is 12.1. The first kappa shape index (κ1) is 13.4. The maximum atomic E-state index is 12.2. The Kier molecular flexibility index (Phi) is 3.71. The monoisotopic (exact) mass is 254 g/mol. The van der Waals surface area contributed by atoms with Crippen molar-refractivity contribution in [3.05, 3.63) is 42.0 Å². The van der Waals surface area contributed by atoms with Crippen molar-refractivity contribution in [3.8, 4) is 6.07 Å². The maximum absolute atomic E-state index is 12.2. The van der Waals surface area contributed by atoms with Crippen LogP contribution in [0.15, 0.2) is 36.4 Å². The van der Waals surface area contributed by atoms with Gasteiger partial charge in [-0.1, -0.05) is 30.3 Å². The first-order valence-electron chi connectivity index (χ1n) is 6.52. The molecule has 98 valence electrons. The Morgan fingerprint density at radius 2 is 2.00 bits per heavy atom. The molecular weight excluding hydrogens is 236 g/mol. The zero-order valence-corrected chi connectivity index (χ0v) is 11.4. The van der Waals surface area contributed by atoms with Crippen LogP contribution < -0.4 is 0 Å². The van der Waals surface area contributed by atoms with Crippen LogP contribution in [0.5, 0.6) is 0 Å². The van der Waals surface area contributed by atoms with Gasteiger partial charge in [0, 0.05) is 13.1 Å². The van der Waals surface area contributed by atoms with Crippen LogP contribution in [0.2, 0.25) is 0 Å². The number of carbonyl (C=O) groups is 1. The third kappa shape index (κ3) is 2.53. The van der Waals surface area contributed by atoms with Crippen LogP contribution in [0, 0.1) is 11.3 Å². The van der Waals surface area contributed by atoms with Gasteiger partial charge in [0.2, 0.25) is 5.91 Å². The highest BCUT2D eigenvalue weighted by atomic mass is 16.2. The number of allylic oxidation sites excluding steroid dienone is 1. The number of nitriles is 1. The van der Waals surface area contributed by atoms with Crippen molar-refractivity contribution in [2.24, 2.45) is 0 Å². The molecule has 19 heavy (non-hydrogen) atoms. The van der Waals surface area contributed by atoms with Crippen LogP contribution in [-0.2, 0) is 4.79 Å². The number of benzene rings is 1.